The molecule has 1 saturated heterocycles. The number of benzene rings is 1. The number of aromatic nitrogens is 1. The summed E-state index contributed by atoms with van der Waals surface area (Å²) in [7, 11) is 1.40. The van der Waals surface area contributed by atoms with Gasteiger partial charge in [0.2, 0.25) is 0 Å². The Bertz CT molecular complexity index is 1170. The van der Waals surface area contributed by atoms with Gasteiger partial charge in [0.05, 0.1) is 7.11 Å². The van der Waals surface area contributed by atoms with Crippen molar-refractivity contribution in [3.63, 3.8) is 0 Å². The Balaban J connectivity index is 1.34. The second-order valence-electron chi connectivity index (χ2n) is 12.3. The molecule has 40 heavy (non-hydrogen) atoms. The summed E-state index contributed by atoms with van der Waals surface area (Å²) in [6, 6.07) is 7.01. The van der Waals surface area contributed by atoms with Crippen LogP contribution in [-0.2, 0) is 23.1 Å². The van der Waals surface area contributed by atoms with Crippen LogP contribution in [0.1, 0.15) is 88.2 Å². The molecular formula is C32H47FN4O3. The van der Waals surface area contributed by atoms with Gasteiger partial charge in [0.15, 0.2) is 11.6 Å². The van der Waals surface area contributed by atoms with Crippen LogP contribution in [0, 0.1) is 5.82 Å². The number of carboxylic acid groups (broad SMARTS) is 1. The Kier molecular flexibility index (Phi) is 10.1. The molecule has 0 bridgehead atoms. The highest BCUT2D eigenvalue weighted by molar-refractivity contribution is 5.77. The number of nitrogens with zero attached hydrogens (tertiary/aromatic N) is 3. The molecule has 1 fully saturated rings. The number of hydrogen-bond donors (Lipinski definition) is 2. The number of likely N-dealkylation sites (N-methyl/N-ethyl adjacent to an activating group) is 1. The number of halogens is 1. The molecule has 0 spiro atoms. The maximum absolute atomic E-state index is 15.0. The average molecular weight is 555 g/mol. The predicted molar refractivity (Wildman–Crippen MR) is 158 cm³/mol. The molecule has 3 heterocycles. The van der Waals surface area contributed by atoms with Crippen molar-refractivity contribution in [1.82, 2.24) is 14.8 Å². The maximum atomic E-state index is 15.0. The Morgan fingerprint density at radius 3 is 2.77 bits per heavy atom. The lowest BCUT2D eigenvalue weighted by molar-refractivity contribution is -0.143. The number of nitrogens with one attached hydrogen (secondary N) is 1. The second kappa shape index (κ2) is 13.3. The quantitative estimate of drug-likeness (QED) is 0.320. The zero-order valence-corrected chi connectivity index (χ0v) is 24.9. The highest BCUT2D eigenvalue weighted by atomic mass is 19.1. The zero-order valence-electron chi connectivity index (χ0n) is 24.9. The third-order valence-corrected chi connectivity index (χ3v) is 8.48. The van der Waals surface area contributed by atoms with E-state index in [0.717, 1.165) is 75.2 Å². The van der Waals surface area contributed by atoms with E-state index in [-0.39, 0.29) is 17.2 Å². The summed E-state index contributed by atoms with van der Waals surface area (Å²) in [4.78, 5) is 21.8. The average Bonchev–Trinajstić information content (AvgIpc) is 3.39. The summed E-state index contributed by atoms with van der Waals surface area (Å²) in [5.41, 5.74) is 3.34. The lowest BCUT2D eigenvalue weighted by Crippen LogP contribution is -2.40. The fourth-order valence-electron chi connectivity index (χ4n) is 6.16. The van der Waals surface area contributed by atoms with Gasteiger partial charge in [-0.3, -0.25) is 14.6 Å². The number of pyridine rings is 1. The summed E-state index contributed by atoms with van der Waals surface area (Å²) in [5.74, 6) is -0.389. The smallest absolute Gasteiger partial charge is 0.325 e. The molecule has 220 valence electrons. The van der Waals surface area contributed by atoms with Crippen molar-refractivity contribution < 1.29 is 19.0 Å². The minimum absolute atomic E-state index is 0.0281. The van der Waals surface area contributed by atoms with E-state index < -0.39 is 17.8 Å². The third kappa shape index (κ3) is 7.13. The number of aliphatic carboxylic acids is 1. The van der Waals surface area contributed by atoms with Gasteiger partial charge in [-0.05, 0) is 86.4 Å². The molecule has 4 rings (SSSR count). The van der Waals surface area contributed by atoms with Crippen LogP contribution in [0.3, 0.4) is 0 Å². The molecule has 2 atom stereocenters. The number of methoxy groups -OCH3 is 1. The molecular weight excluding hydrogens is 507 g/mol. The van der Waals surface area contributed by atoms with Crippen LogP contribution in [-0.4, -0.2) is 71.7 Å². The van der Waals surface area contributed by atoms with Gasteiger partial charge in [-0.2, -0.15) is 0 Å². The van der Waals surface area contributed by atoms with Crippen LogP contribution in [0.5, 0.6) is 5.75 Å². The summed E-state index contributed by atoms with van der Waals surface area (Å²) in [6.07, 6.45) is 7.51. The van der Waals surface area contributed by atoms with E-state index in [1.165, 1.54) is 25.2 Å². The van der Waals surface area contributed by atoms with E-state index >= 15 is 4.39 Å². The van der Waals surface area contributed by atoms with Crippen LogP contribution >= 0.6 is 0 Å². The van der Waals surface area contributed by atoms with Gasteiger partial charge in [0.25, 0.3) is 0 Å². The van der Waals surface area contributed by atoms with Crippen molar-refractivity contribution in [3.8, 4) is 5.75 Å². The number of carboxylic acids is 1. The van der Waals surface area contributed by atoms with Crippen molar-refractivity contribution in [2.75, 3.05) is 45.2 Å². The molecule has 2 aliphatic rings. The molecule has 2 aliphatic heterocycles. The first kappa shape index (κ1) is 30.3. The topological polar surface area (TPSA) is 77.9 Å². The zero-order chi connectivity index (χ0) is 28.9. The minimum Gasteiger partial charge on any atom is -0.493 e. The third-order valence-electron chi connectivity index (χ3n) is 8.48. The molecule has 1 aromatic heterocycles. The molecule has 0 saturated carbocycles. The van der Waals surface area contributed by atoms with E-state index in [1.807, 2.05) is 31.7 Å². The first-order valence-electron chi connectivity index (χ1n) is 14.9. The summed E-state index contributed by atoms with van der Waals surface area (Å²) < 4.78 is 20.4. The standard InChI is InChI=1S/C32H47FN4O3/c1-6-36(17-9-7-8-12-24-14-13-22-11-10-16-34-30(22)35-24)25-15-18-37(21-25)28(31(38)39)26-19-23(32(2,3)4)20-27(33)29(26)40-5/h13-14,19-20,25,28H,6-12,15-18,21H2,1-5H3,(H,34,35)(H,38,39)/t25-,28-/m1/s1. The van der Waals surface area contributed by atoms with Crippen LogP contribution in [0.25, 0.3) is 0 Å². The molecule has 0 radical (unpaired) electrons. The first-order chi connectivity index (χ1) is 19.1. The largest absolute Gasteiger partial charge is 0.493 e. The van der Waals surface area contributed by atoms with Crippen LogP contribution in [0.4, 0.5) is 10.2 Å². The Morgan fingerprint density at radius 2 is 2.08 bits per heavy atom. The fourth-order valence-corrected chi connectivity index (χ4v) is 6.16. The Hall–Kier alpha value is -2.71. The lowest BCUT2D eigenvalue weighted by atomic mass is 9.84. The van der Waals surface area contributed by atoms with Gasteiger partial charge >= 0.3 is 5.97 Å². The highest BCUT2D eigenvalue weighted by Crippen LogP contribution is 2.38. The van der Waals surface area contributed by atoms with Gasteiger partial charge < -0.3 is 15.2 Å². The molecule has 2 aromatic rings. The number of aryl methyl sites for hydroxylation is 2. The normalized spacial score (nSPS) is 18.4. The number of unbranched alkanes of at least 4 members (excludes halogenated alkanes) is 2. The van der Waals surface area contributed by atoms with Gasteiger partial charge in [0.1, 0.15) is 11.9 Å². The molecule has 2 N–H and O–H groups in total. The summed E-state index contributed by atoms with van der Waals surface area (Å²) >= 11 is 0. The number of rotatable bonds is 12. The predicted octanol–water partition coefficient (Wildman–Crippen LogP) is 5.82. The number of anilines is 1. The van der Waals surface area contributed by atoms with Crippen molar-refractivity contribution in [2.45, 2.75) is 90.1 Å². The van der Waals surface area contributed by atoms with Crippen molar-refractivity contribution in [3.05, 3.63) is 52.5 Å². The van der Waals surface area contributed by atoms with Gasteiger partial charge in [-0.25, -0.2) is 9.37 Å². The number of carbonyl (C=O) groups is 1. The molecule has 8 heteroatoms. The molecule has 0 unspecified atom stereocenters. The Morgan fingerprint density at radius 1 is 1.27 bits per heavy atom. The summed E-state index contributed by atoms with van der Waals surface area (Å²) in [6.45, 7) is 12.4. The second-order valence-corrected chi connectivity index (χ2v) is 12.3. The monoisotopic (exact) mass is 554 g/mol. The minimum atomic E-state index is -0.974. The van der Waals surface area contributed by atoms with E-state index in [9.17, 15) is 9.90 Å². The number of likely N-dealkylation sites (tertiary alicyclic amines) is 1. The van der Waals surface area contributed by atoms with Gasteiger partial charge in [-0.1, -0.05) is 40.2 Å². The van der Waals surface area contributed by atoms with Crippen LogP contribution in [0.2, 0.25) is 0 Å². The van der Waals surface area contributed by atoms with Crippen molar-refractivity contribution >= 4 is 11.8 Å². The van der Waals surface area contributed by atoms with Crippen molar-refractivity contribution in [2.24, 2.45) is 0 Å². The first-order valence-corrected chi connectivity index (χ1v) is 14.9. The lowest BCUT2D eigenvalue weighted by Gasteiger charge is -2.31. The SMILES string of the molecule is CCN(CCCCCc1ccc2c(n1)NCCC2)[C@@H]1CCN([C@@H](C(=O)O)c2cc(C(C)(C)C)cc(F)c2OC)C1. The summed E-state index contributed by atoms with van der Waals surface area (Å²) in [5, 5.41) is 13.7. The van der Waals surface area contributed by atoms with Crippen LogP contribution in [0.15, 0.2) is 24.3 Å². The molecule has 0 amide bonds. The van der Waals surface area contributed by atoms with E-state index in [4.69, 9.17) is 9.72 Å². The van der Waals surface area contributed by atoms with E-state index in [0.29, 0.717) is 18.7 Å². The Labute approximate surface area is 239 Å². The van der Waals surface area contributed by atoms with Crippen LogP contribution < -0.4 is 10.1 Å². The molecule has 7 nitrogen and oxygen atoms in total. The number of fused-ring (bicyclic) bond motifs is 1. The van der Waals surface area contributed by atoms with Gasteiger partial charge in [-0.15, -0.1) is 0 Å². The fraction of sp³-hybridized carbons (Fsp3) is 0.625. The number of hydrogen-bond acceptors (Lipinski definition) is 6. The van der Waals surface area contributed by atoms with E-state index in [2.05, 4.69) is 29.3 Å². The molecule has 1 aromatic carbocycles. The maximum Gasteiger partial charge on any atom is 0.325 e. The van der Waals surface area contributed by atoms with Crippen molar-refractivity contribution in [1.29, 1.82) is 0 Å². The molecule has 0 aliphatic carbocycles. The van der Waals surface area contributed by atoms with E-state index in [1.54, 1.807) is 0 Å². The number of ether oxygens (including phenoxy) is 1. The van der Waals surface area contributed by atoms with Gasteiger partial charge in [0, 0.05) is 36.9 Å². The highest BCUT2D eigenvalue weighted by Gasteiger charge is 2.38.